The molecule has 0 bridgehead atoms. The minimum atomic E-state index is -3.28. The maximum Gasteiger partial charge on any atom is 0.225 e. The molecule has 0 unspecified atom stereocenters. The van der Waals surface area contributed by atoms with Gasteiger partial charge in [0.1, 0.15) is 18.2 Å². The largest absolute Gasteiger partial charge is 0.474 e. The summed E-state index contributed by atoms with van der Waals surface area (Å²) < 4.78 is 32.1. The van der Waals surface area contributed by atoms with Crippen molar-refractivity contribution in [1.82, 2.24) is 24.5 Å². The highest BCUT2D eigenvalue weighted by Gasteiger charge is 2.23. The molecule has 1 aliphatic heterocycles. The van der Waals surface area contributed by atoms with Crippen molar-refractivity contribution in [2.24, 2.45) is 0 Å². The van der Waals surface area contributed by atoms with Crippen molar-refractivity contribution < 1.29 is 13.2 Å². The highest BCUT2D eigenvalue weighted by atomic mass is 32.2. The van der Waals surface area contributed by atoms with Gasteiger partial charge in [-0.1, -0.05) is 6.92 Å². The first-order chi connectivity index (χ1) is 16.8. The first kappa shape index (κ1) is 23.2. The molecule has 1 aliphatic rings. The summed E-state index contributed by atoms with van der Waals surface area (Å²) in [6.45, 7) is 5.68. The minimum Gasteiger partial charge on any atom is -0.474 e. The molecule has 10 heteroatoms. The maximum atomic E-state index is 12.0. The van der Waals surface area contributed by atoms with E-state index in [1.807, 2.05) is 42.2 Å². The van der Waals surface area contributed by atoms with Gasteiger partial charge in [0.15, 0.2) is 9.84 Å². The first-order valence-electron chi connectivity index (χ1n) is 11.7. The molecule has 35 heavy (non-hydrogen) atoms. The van der Waals surface area contributed by atoms with Crippen molar-refractivity contribution in [3.05, 3.63) is 60.3 Å². The van der Waals surface area contributed by atoms with Crippen LogP contribution in [-0.4, -0.2) is 58.4 Å². The number of piperidine rings is 1. The van der Waals surface area contributed by atoms with E-state index < -0.39 is 9.84 Å². The van der Waals surface area contributed by atoms with Crippen molar-refractivity contribution >= 4 is 26.7 Å². The average Bonchev–Trinajstić information content (AvgIpc) is 3.20. The van der Waals surface area contributed by atoms with Crippen molar-refractivity contribution in [3.63, 3.8) is 0 Å². The molecule has 0 atom stereocenters. The Labute approximate surface area is 204 Å². The summed E-state index contributed by atoms with van der Waals surface area (Å²) in [4.78, 5) is 20.2. The summed E-state index contributed by atoms with van der Waals surface area (Å²) in [6, 6.07) is 6.97. The van der Waals surface area contributed by atoms with E-state index in [-0.39, 0.29) is 6.10 Å². The predicted octanol–water partition coefficient (Wildman–Crippen LogP) is 3.53. The van der Waals surface area contributed by atoms with Gasteiger partial charge in [-0.05, 0) is 42.7 Å². The van der Waals surface area contributed by atoms with E-state index in [0.717, 1.165) is 60.3 Å². The Morgan fingerprint density at radius 2 is 1.80 bits per heavy atom. The van der Waals surface area contributed by atoms with Crippen LogP contribution in [-0.2, 0) is 16.3 Å². The monoisotopic (exact) mass is 492 g/mol. The molecule has 0 spiro atoms. The zero-order valence-electron chi connectivity index (χ0n) is 20.0. The van der Waals surface area contributed by atoms with E-state index in [4.69, 9.17) is 4.74 Å². The van der Waals surface area contributed by atoms with Gasteiger partial charge in [0, 0.05) is 62.2 Å². The first-order valence-corrected chi connectivity index (χ1v) is 13.6. The third-order valence-corrected chi connectivity index (χ3v) is 7.50. The fraction of sp³-hybridized carbons (Fsp3) is 0.360. The van der Waals surface area contributed by atoms with E-state index in [1.165, 1.54) is 12.6 Å². The van der Waals surface area contributed by atoms with Gasteiger partial charge in [-0.25, -0.2) is 28.4 Å². The molecule has 3 aromatic heterocycles. The zero-order chi connectivity index (χ0) is 24.6. The second kappa shape index (κ2) is 9.26. The molecule has 1 fully saturated rings. The molecule has 1 saturated heterocycles. The molecular formula is C25H28N6O3S. The zero-order valence-corrected chi connectivity index (χ0v) is 20.9. The minimum absolute atomic E-state index is 0.0457. The van der Waals surface area contributed by atoms with Gasteiger partial charge in [0.25, 0.3) is 0 Å². The van der Waals surface area contributed by atoms with Crippen LogP contribution in [0, 0.1) is 6.92 Å². The van der Waals surface area contributed by atoms with Crippen LogP contribution in [0.1, 0.15) is 30.9 Å². The second-order valence-corrected chi connectivity index (χ2v) is 10.9. The van der Waals surface area contributed by atoms with Crippen molar-refractivity contribution in [2.45, 2.75) is 44.1 Å². The van der Waals surface area contributed by atoms with E-state index in [2.05, 4.69) is 31.8 Å². The van der Waals surface area contributed by atoms with E-state index in [9.17, 15) is 8.42 Å². The quantitative estimate of drug-likeness (QED) is 0.403. The number of nitrogens with zero attached hydrogens (tertiary/aromatic N) is 6. The molecule has 0 N–H and O–H groups in total. The van der Waals surface area contributed by atoms with E-state index in [1.54, 1.807) is 12.1 Å². The normalized spacial score (nSPS) is 15.0. The lowest BCUT2D eigenvalue weighted by Gasteiger charge is -2.31. The lowest BCUT2D eigenvalue weighted by atomic mass is 10.1. The molecule has 0 radical (unpaired) electrons. The van der Waals surface area contributed by atoms with E-state index >= 15 is 0 Å². The molecule has 4 heterocycles. The third-order valence-electron chi connectivity index (χ3n) is 6.39. The number of benzene rings is 1. The topological polar surface area (TPSA) is 103 Å². The van der Waals surface area contributed by atoms with Crippen LogP contribution in [0.25, 0.3) is 16.7 Å². The Morgan fingerprint density at radius 3 is 2.49 bits per heavy atom. The molecule has 0 aliphatic carbocycles. The van der Waals surface area contributed by atoms with Crippen LogP contribution in [0.4, 0.5) is 5.95 Å². The lowest BCUT2D eigenvalue weighted by Crippen LogP contribution is -2.39. The van der Waals surface area contributed by atoms with Gasteiger partial charge in [-0.2, -0.15) is 0 Å². The Bertz CT molecular complexity index is 1460. The number of anilines is 1. The predicted molar refractivity (Wildman–Crippen MR) is 134 cm³/mol. The van der Waals surface area contributed by atoms with Gasteiger partial charge in [0.2, 0.25) is 11.8 Å². The number of aromatic nitrogens is 5. The van der Waals surface area contributed by atoms with Crippen LogP contribution in [0.3, 0.4) is 0 Å². The third kappa shape index (κ3) is 4.84. The summed E-state index contributed by atoms with van der Waals surface area (Å²) in [5.74, 6) is 1.95. The molecule has 9 nitrogen and oxygen atoms in total. The van der Waals surface area contributed by atoms with Gasteiger partial charge in [-0.3, -0.25) is 0 Å². The van der Waals surface area contributed by atoms with Crippen molar-refractivity contribution in [1.29, 1.82) is 0 Å². The molecular weight excluding hydrogens is 464 g/mol. The second-order valence-electron chi connectivity index (χ2n) is 8.90. The Balaban J connectivity index is 1.31. The summed E-state index contributed by atoms with van der Waals surface area (Å²) in [7, 11) is -3.28. The van der Waals surface area contributed by atoms with Gasteiger partial charge >= 0.3 is 0 Å². The lowest BCUT2D eigenvalue weighted by molar-refractivity contribution is 0.163. The summed E-state index contributed by atoms with van der Waals surface area (Å²) in [5, 5.41) is 0.871. The Morgan fingerprint density at radius 1 is 1.06 bits per heavy atom. The number of rotatable bonds is 6. The van der Waals surface area contributed by atoms with E-state index in [0.29, 0.717) is 16.6 Å². The van der Waals surface area contributed by atoms with Crippen molar-refractivity contribution in [2.75, 3.05) is 24.2 Å². The summed E-state index contributed by atoms with van der Waals surface area (Å²) in [6.07, 6.45) is 11.1. The van der Waals surface area contributed by atoms with Gasteiger partial charge in [0.05, 0.1) is 10.4 Å². The number of hydrogen-bond donors (Lipinski definition) is 0. The fourth-order valence-electron chi connectivity index (χ4n) is 4.36. The Kier molecular flexibility index (Phi) is 6.14. The van der Waals surface area contributed by atoms with Gasteiger partial charge in [-0.15, -0.1) is 0 Å². The number of fused-ring (bicyclic) bond motifs is 1. The van der Waals surface area contributed by atoms with Crippen LogP contribution in [0.15, 0.2) is 54.1 Å². The molecule has 4 aromatic rings. The molecule has 182 valence electrons. The molecule has 0 amide bonds. The molecule has 0 saturated carbocycles. The van der Waals surface area contributed by atoms with Crippen molar-refractivity contribution in [3.8, 4) is 11.7 Å². The maximum absolute atomic E-state index is 12.0. The number of aryl methyl sites for hydroxylation is 2. The fourth-order valence-corrected chi connectivity index (χ4v) is 5.01. The number of ether oxygens (including phenoxy) is 1. The summed E-state index contributed by atoms with van der Waals surface area (Å²) >= 11 is 0. The average molecular weight is 493 g/mol. The van der Waals surface area contributed by atoms with Crippen LogP contribution in [0.2, 0.25) is 0 Å². The smallest absolute Gasteiger partial charge is 0.225 e. The van der Waals surface area contributed by atoms with Gasteiger partial charge < -0.3 is 14.2 Å². The van der Waals surface area contributed by atoms with Crippen LogP contribution < -0.4 is 9.64 Å². The summed E-state index contributed by atoms with van der Waals surface area (Å²) in [5.41, 5.74) is 2.98. The highest BCUT2D eigenvalue weighted by Crippen LogP contribution is 2.28. The Hall–Kier alpha value is -3.53. The van der Waals surface area contributed by atoms with Crippen LogP contribution >= 0.6 is 0 Å². The molecule has 5 rings (SSSR count). The number of sulfone groups is 1. The number of hydrogen-bond acceptors (Lipinski definition) is 8. The van der Waals surface area contributed by atoms with Crippen LogP contribution in [0.5, 0.6) is 5.88 Å². The SMILES string of the molecule is CCc1cnc(N2CCC(Oc3cc(-n4cc(C)c5cc(S(C)(=O)=O)ccc54)ncn3)CC2)nc1. The highest BCUT2D eigenvalue weighted by molar-refractivity contribution is 7.90. The standard InChI is InChI=1S/C25H28N6O3S/c1-4-18-13-26-25(27-14-18)30-9-7-19(8-10-30)34-24-12-23(28-16-29-24)31-15-17(2)21-11-20(35(3,32)33)5-6-22(21)31/h5-6,11-16,19H,4,7-10H2,1-3H3. The molecule has 1 aromatic carbocycles.